The number of rotatable bonds is 3. The van der Waals surface area contributed by atoms with E-state index in [0.717, 1.165) is 14.6 Å². The molecule has 20 heavy (non-hydrogen) atoms. The number of carbonyl (C=O) groups excluding carboxylic acids is 2. The van der Waals surface area contributed by atoms with E-state index in [1.165, 1.54) is 16.2 Å². The number of nitrogens with one attached hydrogen (secondary N) is 1. The summed E-state index contributed by atoms with van der Waals surface area (Å²) in [6, 6.07) is 5.68. The first-order valence-corrected chi connectivity index (χ1v) is 7.47. The van der Waals surface area contributed by atoms with Crippen LogP contribution in [0.4, 0.5) is 5.69 Å². The van der Waals surface area contributed by atoms with Crippen molar-refractivity contribution < 1.29 is 9.59 Å². The first-order chi connectivity index (χ1) is 9.40. The van der Waals surface area contributed by atoms with Crippen LogP contribution < -0.4 is 11.1 Å². The van der Waals surface area contributed by atoms with E-state index in [4.69, 9.17) is 5.73 Å². The van der Waals surface area contributed by atoms with Crippen LogP contribution in [0.2, 0.25) is 0 Å². The molecule has 7 heteroatoms. The number of fused-ring (bicyclic) bond motifs is 1. The summed E-state index contributed by atoms with van der Waals surface area (Å²) in [4.78, 5) is 25.4. The van der Waals surface area contributed by atoms with E-state index >= 15 is 0 Å². The number of halogens is 1. The third-order valence-corrected chi connectivity index (χ3v) is 4.47. The smallest absolute Gasteiger partial charge is 0.263 e. The molecule has 1 aromatic heterocycles. The molecule has 0 fully saturated rings. The zero-order chi connectivity index (χ0) is 14.9. The Morgan fingerprint density at radius 3 is 2.75 bits per heavy atom. The van der Waals surface area contributed by atoms with Crippen molar-refractivity contribution in [2.75, 3.05) is 26.4 Å². The van der Waals surface area contributed by atoms with Crippen molar-refractivity contribution >= 4 is 54.9 Å². The van der Waals surface area contributed by atoms with Gasteiger partial charge in [0, 0.05) is 28.7 Å². The van der Waals surface area contributed by atoms with Crippen LogP contribution in [0, 0.1) is 0 Å². The zero-order valence-electron chi connectivity index (χ0n) is 11.1. The van der Waals surface area contributed by atoms with Crippen LogP contribution in [0.3, 0.4) is 0 Å². The molecule has 2 aromatic rings. The molecule has 0 unspecified atom stereocenters. The van der Waals surface area contributed by atoms with Crippen molar-refractivity contribution in [3.63, 3.8) is 0 Å². The Kier molecular flexibility index (Phi) is 4.29. The van der Waals surface area contributed by atoms with Crippen molar-refractivity contribution in [2.24, 2.45) is 0 Å². The summed E-state index contributed by atoms with van der Waals surface area (Å²) in [6.07, 6.45) is 0. The van der Waals surface area contributed by atoms with Crippen molar-refractivity contribution in [3.8, 4) is 0 Å². The van der Waals surface area contributed by atoms with Gasteiger partial charge in [-0.05, 0) is 18.2 Å². The van der Waals surface area contributed by atoms with Gasteiger partial charge in [0.15, 0.2) is 0 Å². The fourth-order valence-electron chi connectivity index (χ4n) is 1.65. The molecule has 1 heterocycles. The van der Waals surface area contributed by atoms with Crippen LogP contribution in [0.5, 0.6) is 0 Å². The minimum atomic E-state index is -0.324. The Morgan fingerprint density at radius 2 is 2.10 bits per heavy atom. The van der Waals surface area contributed by atoms with Crippen LogP contribution in [0.1, 0.15) is 9.67 Å². The number of carbonyl (C=O) groups is 2. The van der Waals surface area contributed by atoms with Crippen molar-refractivity contribution in [1.29, 1.82) is 0 Å². The van der Waals surface area contributed by atoms with Gasteiger partial charge in [0.25, 0.3) is 5.91 Å². The number of anilines is 1. The molecule has 0 radical (unpaired) electrons. The van der Waals surface area contributed by atoms with Gasteiger partial charge in [-0.3, -0.25) is 9.59 Å². The minimum absolute atomic E-state index is 0.0385. The number of benzene rings is 1. The van der Waals surface area contributed by atoms with E-state index in [1.807, 2.05) is 18.2 Å². The summed E-state index contributed by atoms with van der Waals surface area (Å²) in [5.74, 6) is -0.490. The van der Waals surface area contributed by atoms with Gasteiger partial charge in [-0.15, -0.1) is 11.3 Å². The van der Waals surface area contributed by atoms with Gasteiger partial charge in [0.05, 0.1) is 12.2 Å². The summed E-state index contributed by atoms with van der Waals surface area (Å²) in [5.41, 5.74) is 6.45. The van der Waals surface area contributed by atoms with Crippen LogP contribution >= 0.6 is 27.3 Å². The molecule has 0 saturated carbocycles. The lowest BCUT2D eigenvalue weighted by Crippen LogP contribution is -2.36. The van der Waals surface area contributed by atoms with Gasteiger partial charge in [-0.2, -0.15) is 0 Å². The molecule has 0 bridgehead atoms. The van der Waals surface area contributed by atoms with E-state index in [2.05, 4.69) is 21.2 Å². The third-order valence-electron chi connectivity index (χ3n) is 2.79. The Bertz CT molecular complexity index is 682. The highest BCUT2D eigenvalue weighted by Crippen LogP contribution is 2.35. The molecule has 2 rings (SSSR count). The molecule has 5 nitrogen and oxygen atoms in total. The van der Waals surface area contributed by atoms with E-state index < -0.39 is 0 Å². The van der Waals surface area contributed by atoms with Crippen molar-refractivity contribution in [3.05, 3.63) is 27.5 Å². The first-order valence-electron chi connectivity index (χ1n) is 5.86. The van der Waals surface area contributed by atoms with Crippen LogP contribution in [-0.4, -0.2) is 37.4 Å². The number of hydrogen-bond donors (Lipinski definition) is 2. The first kappa shape index (κ1) is 14.8. The molecule has 1 aromatic carbocycles. The van der Waals surface area contributed by atoms with Gasteiger partial charge in [-0.25, -0.2) is 0 Å². The van der Waals surface area contributed by atoms with Gasteiger partial charge in [-0.1, -0.05) is 15.9 Å². The predicted molar refractivity (Wildman–Crippen MR) is 85.0 cm³/mol. The summed E-state index contributed by atoms with van der Waals surface area (Å²) < 4.78 is 1.85. The molecule has 0 spiro atoms. The van der Waals surface area contributed by atoms with E-state index in [-0.39, 0.29) is 18.4 Å². The second-order valence-electron chi connectivity index (χ2n) is 4.46. The SMILES string of the molecule is CN(C)C(=O)CNC(=O)c1sc2ccc(Br)cc2c1N. The largest absolute Gasteiger partial charge is 0.397 e. The highest BCUT2D eigenvalue weighted by Gasteiger charge is 2.17. The second kappa shape index (κ2) is 5.80. The number of nitrogens with two attached hydrogens (primary N) is 1. The fraction of sp³-hybridized carbons (Fsp3) is 0.231. The highest BCUT2D eigenvalue weighted by atomic mass is 79.9. The number of amides is 2. The molecule has 0 aliphatic carbocycles. The third kappa shape index (κ3) is 2.94. The summed E-state index contributed by atoms with van der Waals surface area (Å²) in [6.45, 7) is -0.0385. The molecular formula is C13H14BrN3O2S. The average molecular weight is 356 g/mol. The molecule has 0 aliphatic heterocycles. The molecule has 2 amide bonds. The zero-order valence-corrected chi connectivity index (χ0v) is 13.5. The number of thiophene rings is 1. The topological polar surface area (TPSA) is 75.4 Å². The second-order valence-corrected chi connectivity index (χ2v) is 6.42. The maximum Gasteiger partial charge on any atom is 0.263 e. The summed E-state index contributed by atoms with van der Waals surface area (Å²) >= 11 is 4.69. The lowest BCUT2D eigenvalue weighted by Gasteiger charge is -2.10. The predicted octanol–water partition coefficient (Wildman–Crippen LogP) is 2.06. The van der Waals surface area contributed by atoms with E-state index in [9.17, 15) is 9.59 Å². The summed E-state index contributed by atoms with van der Waals surface area (Å²) in [7, 11) is 3.28. The number of nitrogen functional groups attached to an aromatic ring is 1. The lowest BCUT2D eigenvalue weighted by molar-refractivity contribution is -0.127. The van der Waals surface area contributed by atoms with Gasteiger partial charge in [0.2, 0.25) is 5.91 Å². The van der Waals surface area contributed by atoms with E-state index in [1.54, 1.807) is 14.1 Å². The molecule has 0 atom stereocenters. The Labute approximate surface area is 128 Å². The number of hydrogen-bond acceptors (Lipinski definition) is 4. The Balaban J connectivity index is 2.22. The molecule has 0 saturated heterocycles. The van der Waals surface area contributed by atoms with Crippen molar-refractivity contribution in [2.45, 2.75) is 0 Å². The molecule has 0 aliphatic rings. The average Bonchev–Trinajstić information content (AvgIpc) is 2.73. The monoisotopic (exact) mass is 355 g/mol. The Hall–Kier alpha value is -1.60. The maximum atomic E-state index is 12.1. The molecule has 3 N–H and O–H groups in total. The van der Waals surface area contributed by atoms with Crippen LogP contribution in [-0.2, 0) is 4.79 Å². The van der Waals surface area contributed by atoms with E-state index in [0.29, 0.717) is 10.6 Å². The normalized spacial score (nSPS) is 10.6. The molecular weight excluding hydrogens is 342 g/mol. The van der Waals surface area contributed by atoms with Crippen molar-refractivity contribution in [1.82, 2.24) is 10.2 Å². The highest BCUT2D eigenvalue weighted by molar-refractivity contribution is 9.10. The lowest BCUT2D eigenvalue weighted by atomic mass is 10.2. The van der Waals surface area contributed by atoms with Gasteiger partial charge >= 0.3 is 0 Å². The standard InChI is InChI=1S/C13H14BrN3O2S/c1-17(2)10(18)6-16-13(19)12-11(15)8-5-7(14)3-4-9(8)20-12/h3-5H,6,15H2,1-2H3,(H,16,19). The molecule has 106 valence electrons. The summed E-state index contributed by atoms with van der Waals surface area (Å²) in [5, 5.41) is 3.43. The van der Waals surface area contributed by atoms with Crippen LogP contribution in [0.25, 0.3) is 10.1 Å². The number of nitrogens with zero attached hydrogens (tertiary/aromatic N) is 1. The van der Waals surface area contributed by atoms with Gasteiger partial charge in [0.1, 0.15) is 4.88 Å². The maximum absolute atomic E-state index is 12.1. The minimum Gasteiger partial charge on any atom is -0.397 e. The van der Waals surface area contributed by atoms with Gasteiger partial charge < -0.3 is 16.0 Å². The number of likely N-dealkylation sites (N-methyl/N-ethyl adjacent to an activating group) is 1. The van der Waals surface area contributed by atoms with Crippen LogP contribution in [0.15, 0.2) is 22.7 Å². The quantitative estimate of drug-likeness (QED) is 0.884. The fourth-order valence-corrected chi connectivity index (χ4v) is 3.03. The Morgan fingerprint density at radius 1 is 1.40 bits per heavy atom.